The number of likely N-dealkylation sites (tertiary alicyclic amines) is 1. The number of fused-ring (bicyclic) bond motifs is 1. The second-order valence-electron chi connectivity index (χ2n) is 6.00. The Morgan fingerprint density at radius 2 is 1.95 bits per heavy atom. The van der Waals surface area contributed by atoms with E-state index in [-0.39, 0.29) is 0 Å². The Kier molecular flexibility index (Phi) is 3.72. The van der Waals surface area contributed by atoms with E-state index < -0.39 is 5.97 Å². The highest BCUT2D eigenvalue weighted by Crippen LogP contribution is 2.30. The quantitative estimate of drug-likeness (QED) is 0.930. The molecular weight excluding hydrogens is 266 g/mol. The lowest BCUT2D eigenvalue weighted by atomic mass is 9.97. The number of para-hydroxylation sites is 1. The van der Waals surface area contributed by atoms with Crippen molar-refractivity contribution in [3.63, 3.8) is 0 Å². The number of carbonyl (C=O) groups is 1. The molecule has 0 aliphatic carbocycles. The van der Waals surface area contributed by atoms with Crippen molar-refractivity contribution in [1.29, 1.82) is 0 Å². The number of hydrogen-bond donors (Lipinski definition) is 1. The van der Waals surface area contributed by atoms with Crippen molar-refractivity contribution in [2.45, 2.75) is 51.7 Å². The summed E-state index contributed by atoms with van der Waals surface area (Å²) in [4.78, 5) is 14.0. The fourth-order valence-corrected chi connectivity index (χ4v) is 3.39. The topological polar surface area (TPSA) is 53.7 Å². The fourth-order valence-electron chi connectivity index (χ4n) is 3.39. The van der Waals surface area contributed by atoms with E-state index in [0.29, 0.717) is 40.9 Å². The molecule has 2 unspecified atom stereocenters. The molecule has 21 heavy (non-hydrogen) atoms. The molecule has 2 atom stereocenters. The minimum atomic E-state index is -0.910. The highest BCUT2D eigenvalue weighted by Gasteiger charge is 2.28. The number of hydrogen-bond acceptors (Lipinski definition) is 3. The molecule has 1 N–H and O–H groups in total. The molecule has 4 nitrogen and oxygen atoms in total. The first-order valence-electron chi connectivity index (χ1n) is 7.57. The third kappa shape index (κ3) is 2.56. The number of carboxylic acids is 1. The van der Waals surface area contributed by atoms with Gasteiger partial charge in [0.15, 0.2) is 0 Å². The summed E-state index contributed by atoms with van der Waals surface area (Å²) < 4.78 is 5.84. The summed E-state index contributed by atoms with van der Waals surface area (Å²) in [6.45, 7) is 4.98. The molecule has 0 amide bonds. The first-order valence-corrected chi connectivity index (χ1v) is 7.57. The molecule has 112 valence electrons. The van der Waals surface area contributed by atoms with E-state index in [4.69, 9.17) is 4.42 Å². The Morgan fingerprint density at radius 3 is 2.62 bits per heavy atom. The molecular formula is C17H21NO3. The van der Waals surface area contributed by atoms with Gasteiger partial charge in [-0.05, 0) is 32.8 Å². The monoisotopic (exact) mass is 287 g/mol. The zero-order valence-corrected chi connectivity index (χ0v) is 12.5. The summed E-state index contributed by atoms with van der Waals surface area (Å²) in [6, 6.07) is 8.28. The van der Waals surface area contributed by atoms with Crippen molar-refractivity contribution in [2.75, 3.05) is 0 Å². The van der Waals surface area contributed by atoms with Gasteiger partial charge in [-0.3, -0.25) is 4.90 Å². The molecule has 0 radical (unpaired) electrons. The number of rotatable bonds is 3. The maximum atomic E-state index is 11.6. The molecule has 0 bridgehead atoms. The summed E-state index contributed by atoms with van der Waals surface area (Å²) in [5.41, 5.74) is 0.970. The highest BCUT2D eigenvalue weighted by atomic mass is 16.4. The lowest BCUT2D eigenvalue weighted by molar-refractivity contribution is 0.0678. The zero-order chi connectivity index (χ0) is 15.0. The van der Waals surface area contributed by atoms with Crippen LogP contribution in [-0.4, -0.2) is 28.1 Å². The molecule has 0 spiro atoms. The number of carboxylic acid groups (broad SMARTS) is 1. The van der Waals surface area contributed by atoms with E-state index in [1.165, 1.54) is 6.42 Å². The second kappa shape index (κ2) is 5.53. The van der Waals surface area contributed by atoms with Gasteiger partial charge >= 0.3 is 5.97 Å². The van der Waals surface area contributed by atoms with Crippen LogP contribution in [0.1, 0.15) is 49.2 Å². The van der Waals surface area contributed by atoms with Gasteiger partial charge in [-0.15, -0.1) is 0 Å². The first-order chi connectivity index (χ1) is 10.1. The van der Waals surface area contributed by atoms with Crippen molar-refractivity contribution >= 4 is 16.9 Å². The SMILES string of the molecule is CC1CCCC(C)N1Cc1oc2ccccc2c1C(=O)O. The number of piperidine rings is 1. The summed E-state index contributed by atoms with van der Waals surface area (Å²) in [6.07, 6.45) is 3.56. The maximum Gasteiger partial charge on any atom is 0.339 e. The van der Waals surface area contributed by atoms with Gasteiger partial charge in [0.25, 0.3) is 0 Å². The van der Waals surface area contributed by atoms with E-state index in [1.54, 1.807) is 0 Å². The molecule has 3 rings (SSSR count). The lowest BCUT2D eigenvalue weighted by Gasteiger charge is -2.38. The molecule has 1 aliphatic heterocycles. The van der Waals surface area contributed by atoms with Gasteiger partial charge in [0.05, 0.1) is 6.54 Å². The molecule has 0 saturated carbocycles. The van der Waals surface area contributed by atoms with E-state index >= 15 is 0 Å². The van der Waals surface area contributed by atoms with Crippen molar-refractivity contribution < 1.29 is 14.3 Å². The maximum absolute atomic E-state index is 11.6. The third-order valence-electron chi connectivity index (χ3n) is 4.58. The summed E-state index contributed by atoms with van der Waals surface area (Å²) in [7, 11) is 0. The Bertz CT molecular complexity index is 651. The normalized spacial score (nSPS) is 23.5. The van der Waals surface area contributed by atoms with Gasteiger partial charge in [0.1, 0.15) is 16.9 Å². The number of benzene rings is 1. The molecule has 1 saturated heterocycles. The standard InChI is InChI=1S/C17H21NO3/c1-11-6-5-7-12(2)18(11)10-15-16(17(19)20)13-8-3-4-9-14(13)21-15/h3-4,8-9,11-12H,5-7,10H2,1-2H3,(H,19,20). The van der Waals surface area contributed by atoms with Crippen molar-refractivity contribution in [1.82, 2.24) is 4.90 Å². The van der Waals surface area contributed by atoms with E-state index in [9.17, 15) is 9.90 Å². The van der Waals surface area contributed by atoms with Gasteiger partial charge in [-0.25, -0.2) is 4.79 Å². The van der Waals surface area contributed by atoms with Crippen LogP contribution in [0.3, 0.4) is 0 Å². The van der Waals surface area contributed by atoms with E-state index in [1.807, 2.05) is 24.3 Å². The van der Waals surface area contributed by atoms with Crippen molar-refractivity contribution in [2.24, 2.45) is 0 Å². The van der Waals surface area contributed by atoms with E-state index in [2.05, 4.69) is 18.7 Å². The van der Waals surface area contributed by atoms with Crippen molar-refractivity contribution in [3.05, 3.63) is 35.6 Å². The minimum Gasteiger partial charge on any atom is -0.478 e. The molecule has 2 heterocycles. The van der Waals surface area contributed by atoms with Crippen LogP contribution in [-0.2, 0) is 6.54 Å². The Labute approximate surface area is 124 Å². The Balaban J connectivity index is 2.00. The Morgan fingerprint density at radius 1 is 1.29 bits per heavy atom. The number of aromatic carboxylic acids is 1. The smallest absolute Gasteiger partial charge is 0.339 e. The Hall–Kier alpha value is -1.81. The average molecular weight is 287 g/mol. The predicted molar refractivity (Wildman–Crippen MR) is 81.5 cm³/mol. The van der Waals surface area contributed by atoms with Crippen molar-refractivity contribution in [3.8, 4) is 0 Å². The van der Waals surface area contributed by atoms with Crippen LogP contribution in [0.25, 0.3) is 11.0 Å². The van der Waals surface area contributed by atoms with E-state index in [0.717, 1.165) is 12.8 Å². The zero-order valence-electron chi connectivity index (χ0n) is 12.5. The van der Waals surface area contributed by atoms with Crippen LogP contribution in [0.4, 0.5) is 0 Å². The highest BCUT2D eigenvalue weighted by molar-refractivity contribution is 6.03. The van der Waals surface area contributed by atoms with Crippen LogP contribution >= 0.6 is 0 Å². The second-order valence-corrected chi connectivity index (χ2v) is 6.00. The van der Waals surface area contributed by atoms with Crippen LogP contribution in [0.2, 0.25) is 0 Å². The van der Waals surface area contributed by atoms with Crippen LogP contribution in [0.5, 0.6) is 0 Å². The number of nitrogens with zero attached hydrogens (tertiary/aromatic N) is 1. The van der Waals surface area contributed by atoms with Crippen LogP contribution in [0.15, 0.2) is 28.7 Å². The molecule has 1 aliphatic rings. The summed E-state index contributed by atoms with van der Waals surface area (Å²) in [5.74, 6) is -0.337. The lowest BCUT2D eigenvalue weighted by Crippen LogP contribution is -2.43. The van der Waals surface area contributed by atoms with Gasteiger partial charge in [0.2, 0.25) is 0 Å². The van der Waals surface area contributed by atoms with Gasteiger partial charge in [0, 0.05) is 17.5 Å². The van der Waals surface area contributed by atoms with Gasteiger partial charge < -0.3 is 9.52 Å². The number of furan rings is 1. The van der Waals surface area contributed by atoms with Gasteiger partial charge in [-0.1, -0.05) is 24.6 Å². The average Bonchev–Trinajstić information content (AvgIpc) is 2.81. The van der Waals surface area contributed by atoms with Crippen LogP contribution in [0, 0.1) is 0 Å². The van der Waals surface area contributed by atoms with Gasteiger partial charge in [-0.2, -0.15) is 0 Å². The third-order valence-corrected chi connectivity index (χ3v) is 4.58. The summed E-state index contributed by atoms with van der Waals surface area (Å²) in [5, 5.41) is 10.2. The summed E-state index contributed by atoms with van der Waals surface area (Å²) >= 11 is 0. The fraction of sp³-hybridized carbons (Fsp3) is 0.471. The molecule has 1 aromatic carbocycles. The minimum absolute atomic E-state index is 0.315. The largest absolute Gasteiger partial charge is 0.478 e. The van der Waals surface area contributed by atoms with Crippen LogP contribution < -0.4 is 0 Å². The first kappa shape index (κ1) is 14.1. The molecule has 1 aromatic heterocycles. The molecule has 1 fully saturated rings. The molecule has 2 aromatic rings. The molecule has 4 heteroatoms. The predicted octanol–water partition coefficient (Wildman–Crippen LogP) is 3.89.